The van der Waals surface area contributed by atoms with Crippen LogP contribution in [-0.2, 0) is 4.79 Å². The van der Waals surface area contributed by atoms with Crippen molar-refractivity contribution in [2.24, 2.45) is 0 Å². The maximum absolute atomic E-state index is 10.4. The van der Waals surface area contributed by atoms with Gasteiger partial charge in [-0.25, -0.2) is 0 Å². The third kappa shape index (κ3) is 2.97. The van der Waals surface area contributed by atoms with Crippen LogP contribution in [0.15, 0.2) is 12.1 Å². The molecule has 0 saturated carbocycles. The lowest BCUT2D eigenvalue weighted by atomic mass is 9.99. The molecule has 0 spiro atoms. The Kier molecular flexibility index (Phi) is 3.90. The predicted molar refractivity (Wildman–Crippen MR) is 59.4 cm³/mol. The van der Waals surface area contributed by atoms with Crippen LogP contribution in [0.2, 0.25) is 0 Å². The van der Waals surface area contributed by atoms with Gasteiger partial charge in [0.25, 0.3) is 0 Å². The average Bonchev–Trinajstić information content (AvgIpc) is 2.21. The molecule has 3 N–H and O–H groups in total. The SMILES string of the molecule is Cc1cc(C(O)CCC(=O)O)cc(C)c1O. The zero-order valence-corrected chi connectivity index (χ0v) is 9.40. The van der Waals surface area contributed by atoms with Gasteiger partial charge in [0.05, 0.1) is 6.10 Å². The fourth-order valence-electron chi connectivity index (χ4n) is 1.61. The molecule has 1 unspecified atom stereocenters. The highest BCUT2D eigenvalue weighted by Crippen LogP contribution is 2.27. The van der Waals surface area contributed by atoms with E-state index in [-0.39, 0.29) is 18.6 Å². The summed E-state index contributed by atoms with van der Waals surface area (Å²) < 4.78 is 0. The molecule has 0 aliphatic carbocycles. The molecule has 88 valence electrons. The minimum Gasteiger partial charge on any atom is -0.507 e. The van der Waals surface area contributed by atoms with Crippen molar-refractivity contribution in [3.05, 3.63) is 28.8 Å². The van der Waals surface area contributed by atoms with Gasteiger partial charge in [0.1, 0.15) is 5.75 Å². The molecule has 1 atom stereocenters. The Morgan fingerprint density at radius 2 is 1.81 bits per heavy atom. The van der Waals surface area contributed by atoms with Crippen molar-refractivity contribution in [2.45, 2.75) is 32.8 Å². The molecule has 1 aromatic rings. The van der Waals surface area contributed by atoms with Crippen LogP contribution in [0, 0.1) is 13.8 Å². The third-order valence-electron chi connectivity index (χ3n) is 2.53. The summed E-state index contributed by atoms with van der Waals surface area (Å²) in [5.41, 5.74) is 2.02. The van der Waals surface area contributed by atoms with Crippen LogP contribution in [0.5, 0.6) is 5.75 Å². The van der Waals surface area contributed by atoms with Crippen molar-refractivity contribution in [2.75, 3.05) is 0 Å². The molecule has 16 heavy (non-hydrogen) atoms. The number of benzene rings is 1. The lowest BCUT2D eigenvalue weighted by Gasteiger charge is -2.13. The van der Waals surface area contributed by atoms with Crippen molar-refractivity contribution in [1.29, 1.82) is 0 Å². The first-order valence-electron chi connectivity index (χ1n) is 5.11. The topological polar surface area (TPSA) is 77.8 Å². The van der Waals surface area contributed by atoms with Crippen LogP contribution in [0.3, 0.4) is 0 Å². The van der Waals surface area contributed by atoms with Crippen LogP contribution in [0.25, 0.3) is 0 Å². The van der Waals surface area contributed by atoms with Gasteiger partial charge in [0, 0.05) is 6.42 Å². The molecule has 0 bridgehead atoms. The van der Waals surface area contributed by atoms with Crippen LogP contribution in [0.4, 0.5) is 0 Å². The second kappa shape index (κ2) is 4.99. The van der Waals surface area contributed by atoms with E-state index in [1.54, 1.807) is 26.0 Å². The Morgan fingerprint density at radius 3 is 2.25 bits per heavy atom. The largest absolute Gasteiger partial charge is 0.507 e. The van der Waals surface area contributed by atoms with E-state index in [1.807, 2.05) is 0 Å². The summed E-state index contributed by atoms with van der Waals surface area (Å²) >= 11 is 0. The van der Waals surface area contributed by atoms with Gasteiger partial charge in [-0.15, -0.1) is 0 Å². The van der Waals surface area contributed by atoms with E-state index in [4.69, 9.17) is 5.11 Å². The summed E-state index contributed by atoms with van der Waals surface area (Å²) in [6.45, 7) is 3.49. The minimum absolute atomic E-state index is 0.0693. The number of hydrogen-bond acceptors (Lipinski definition) is 3. The number of aromatic hydroxyl groups is 1. The fourth-order valence-corrected chi connectivity index (χ4v) is 1.61. The van der Waals surface area contributed by atoms with Gasteiger partial charge in [-0.1, -0.05) is 0 Å². The second-order valence-corrected chi connectivity index (χ2v) is 3.95. The monoisotopic (exact) mass is 224 g/mol. The molecule has 0 fully saturated rings. The molecule has 0 aliphatic heterocycles. The predicted octanol–water partition coefficient (Wildman–Crippen LogP) is 1.91. The summed E-state index contributed by atoms with van der Waals surface area (Å²) in [4.78, 5) is 10.4. The summed E-state index contributed by atoms with van der Waals surface area (Å²) in [5.74, 6) is -0.708. The highest BCUT2D eigenvalue weighted by molar-refractivity contribution is 5.66. The summed E-state index contributed by atoms with van der Waals surface area (Å²) in [7, 11) is 0. The van der Waals surface area contributed by atoms with Gasteiger partial charge >= 0.3 is 5.97 Å². The highest BCUT2D eigenvalue weighted by Gasteiger charge is 2.12. The number of rotatable bonds is 4. The molecule has 0 heterocycles. The van der Waals surface area contributed by atoms with Gasteiger partial charge < -0.3 is 15.3 Å². The van der Waals surface area contributed by atoms with E-state index in [0.29, 0.717) is 16.7 Å². The van der Waals surface area contributed by atoms with E-state index in [1.165, 1.54) is 0 Å². The van der Waals surface area contributed by atoms with Crippen molar-refractivity contribution < 1.29 is 20.1 Å². The first-order chi connectivity index (χ1) is 7.41. The van der Waals surface area contributed by atoms with Crippen LogP contribution < -0.4 is 0 Å². The van der Waals surface area contributed by atoms with Crippen LogP contribution in [0.1, 0.15) is 35.6 Å². The average molecular weight is 224 g/mol. The van der Waals surface area contributed by atoms with E-state index in [2.05, 4.69) is 0 Å². The maximum atomic E-state index is 10.4. The lowest BCUT2D eigenvalue weighted by molar-refractivity contribution is -0.137. The van der Waals surface area contributed by atoms with Crippen molar-refractivity contribution >= 4 is 5.97 Å². The van der Waals surface area contributed by atoms with Crippen molar-refractivity contribution in [3.63, 3.8) is 0 Å². The standard InChI is InChI=1S/C12H16O4/c1-7-5-9(6-8(2)12(7)16)10(13)3-4-11(14)15/h5-6,10,13,16H,3-4H2,1-2H3,(H,14,15). The molecule has 0 radical (unpaired) electrons. The summed E-state index contributed by atoms with van der Waals surface area (Å²) in [5, 5.41) is 27.8. The normalized spacial score (nSPS) is 12.4. The second-order valence-electron chi connectivity index (χ2n) is 3.95. The number of aliphatic hydroxyl groups excluding tert-OH is 1. The molecular weight excluding hydrogens is 208 g/mol. The Labute approximate surface area is 94.2 Å². The third-order valence-corrected chi connectivity index (χ3v) is 2.53. The molecule has 0 saturated heterocycles. The van der Waals surface area contributed by atoms with Gasteiger partial charge in [-0.2, -0.15) is 0 Å². The number of carbonyl (C=O) groups is 1. The van der Waals surface area contributed by atoms with Gasteiger partial charge in [-0.05, 0) is 49.1 Å². The number of carboxylic acids is 1. The van der Waals surface area contributed by atoms with Crippen LogP contribution in [-0.4, -0.2) is 21.3 Å². The summed E-state index contributed by atoms with van der Waals surface area (Å²) in [6, 6.07) is 3.35. The Bertz CT molecular complexity index is 375. The first-order valence-corrected chi connectivity index (χ1v) is 5.11. The zero-order valence-electron chi connectivity index (χ0n) is 9.40. The van der Waals surface area contributed by atoms with Gasteiger partial charge in [-0.3, -0.25) is 4.79 Å². The molecular formula is C12H16O4. The smallest absolute Gasteiger partial charge is 0.303 e. The van der Waals surface area contributed by atoms with Gasteiger partial charge in [0.2, 0.25) is 0 Å². The molecule has 0 aromatic heterocycles. The number of carboxylic acid groups (broad SMARTS) is 1. The minimum atomic E-state index is -0.925. The molecule has 4 nitrogen and oxygen atoms in total. The van der Waals surface area contributed by atoms with Crippen LogP contribution >= 0.6 is 0 Å². The number of hydrogen-bond donors (Lipinski definition) is 3. The zero-order chi connectivity index (χ0) is 12.3. The van der Waals surface area contributed by atoms with Crippen molar-refractivity contribution in [1.82, 2.24) is 0 Å². The molecule has 1 rings (SSSR count). The Hall–Kier alpha value is -1.55. The van der Waals surface area contributed by atoms with E-state index >= 15 is 0 Å². The van der Waals surface area contributed by atoms with E-state index < -0.39 is 12.1 Å². The highest BCUT2D eigenvalue weighted by atomic mass is 16.4. The van der Waals surface area contributed by atoms with Crippen molar-refractivity contribution in [3.8, 4) is 5.75 Å². The lowest BCUT2D eigenvalue weighted by Crippen LogP contribution is -2.03. The van der Waals surface area contributed by atoms with E-state index in [0.717, 1.165) is 0 Å². The number of aliphatic hydroxyl groups is 1. The van der Waals surface area contributed by atoms with E-state index in [9.17, 15) is 15.0 Å². The maximum Gasteiger partial charge on any atom is 0.303 e. The molecule has 0 aliphatic rings. The fraction of sp³-hybridized carbons (Fsp3) is 0.417. The molecule has 0 amide bonds. The summed E-state index contributed by atoms with van der Waals surface area (Å²) in [6.07, 6.45) is -0.687. The first kappa shape index (κ1) is 12.5. The number of aliphatic carboxylic acids is 1. The Balaban J connectivity index is 2.84. The number of phenolic OH excluding ortho intramolecular Hbond substituents is 1. The van der Waals surface area contributed by atoms with Gasteiger partial charge in [0.15, 0.2) is 0 Å². The number of phenols is 1. The molecule has 4 heteroatoms. The number of aryl methyl sites for hydroxylation is 2. The molecule has 1 aromatic carbocycles. The Morgan fingerprint density at radius 1 is 1.31 bits per heavy atom. The quantitative estimate of drug-likeness (QED) is 0.730.